The van der Waals surface area contributed by atoms with E-state index >= 15 is 0 Å². The standard InChI is InChI=1S/C14H20BrNO/c15-14-7-2-1-5-12(14)10-16-9-11-4-3-6-13(17)8-11/h1-2,5,7,11,13,16-17H,3-4,6,8-10H2. The molecule has 2 unspecified atom stereocenters. The Bertz CT molecular complexity index is 356. The molecule has 0 radical (unpaired) electrons. The molecule has 0 saturated heterocycles. The van der Waals surface area contributed by atoms with Gasteiger partial charge in [0.2, 0.25) is 0 Å². The zero-order chi connectivity index (χ0) is 12.1. The van der Waals surface area contributed by atoms with Crippen LogP contribution in [0.4, 0.5) is 0 Å². The van der Waals surface area contributed by atoms with Crippen LogP contribution in [0.1, 0.15) is 31.2 Å². The number of benzene rings is 1. The van der Waals surface area contributed by atoms with Gasteiger partial charge < -0.3 is 10.4 Å². The number of halogens is 1. The Morgan fingerprint density at radius 3 is 2.88 bits per heavy atom. The number of hydrogen-bond acceptors (Lipinski definition) is 2. The van der Waals surface area contributed by atoms with Crippen molar-refractivity contribution in [2.45, 2.75) is 38.3 Å². The summed E-state index contributed by atoms with van der Waals surface area (Å²) in [6, 6.07) is 8.30. The molecular weight excluding hydrogens is 278 g/mol. The van der Waals surface area contributed by atoms with E-state index in [4.69, 9.17) is 0 Å². The molecule has 3 heteroatoms. The Hall–Kier alpha value is -0.380. The van der Waals surface area contributed by atoms with E-state index in [0.29, 0.717) is 5.92 Å². The summed E-state index contributed by atoms with van der Waals surface area (Å²) in [6.07, 6.45) is 4.30. The molecule has 17 heavy (non-hydrogen) atoms. The van der Waals surface area contributed by atoms with E-state index < -0.39 is 0 Å². The Morgan fingerprint density at radius 2 is 2.12 bits per heavy atom. The summed E-state index contributed by atoms with van der Waals surface area (Å²) in [5, 5.41) is 13.1. The van der Waals surface area contributed by atoms with E-state index in [1.165, 1.54) is 18.4 Å². The van der Waals surface area contributed by atoms with Crippen molar-refractivity contribution in [1.82, 2.24) is 5.32 Å². The first-order valence-electron chi connectivity index (χ1n) is 6.38. The molecule has 2 nitrogen and oxygen atoms in total. The highest BCUT2D eigenvalue weighted by molar-refractivity contribution is 9.10. The predicted octanol–water partition coefficient (Wildman–Crippen LogP) is 3.09. The summed E-state index contributed by atoms with van der Waals surface area (Å²) in [7, 11) is 0. The second kappa shape index (κ2) is 6.53. The first-order valence-corrected chi connectivity index (χ1v) is 7.17. The van der Waals surface area contributed by atoms with Gasteiger partial charge in [-0.25, -0.2) is 0 Å². The molecule has 0 amide bonds. The fourth-order valence-electron chi connectivity index (χ4n) is 2.50. The summed E-state index contributed by atoms with van der Waals surface area (Å²) >= 11 is 3.55. The molecule has 1 aliphatic rings. The maximum Gasteiger partial charge on any atom is 0.0543 e. The van der Waals surface area contributed by atoms with Crippen LogP contribution in [0, 0.1) is 5.92 Å². The van der Waals surface area contributed by atoms with Gasteiger partial charge in [-0.3, -0.25) is 0 Å². The zero-order valence-electron chi connectivity index (χ0n) is 10.0. The number of nitrogens with one attached hydrogen (secondary N) is 1. The Labute approximate surface area is 112 Å². The van der Waals surface area contributed by atoms with Gasteiger partial charge in [-0.05, 0) is 43.4 Å². The highest BCUT2D eigenvalue weighted by Gasteiger charge is 2.19. The largest absolute Gasteiger partial charge is 0.393 e. The van der Waals surface area contributed by atoms with Crippen LogP contribution in [0.2, 0.25) is 0 Å². The third-order valence-corrected chi connectivity index (χ3v) is 4.24. The first kappa shape index (κ1) is 13.1. The van der Waals surface area contributed by atoms with Crippen molar-refractivity contribution < 1.29 is 5.11 Å². The molecule has 0 aromatic heterocycles. The van der Waals surface area contributed by atoms with E-state index in [9.17, 15) is 5.11 Å². The highest BCUT2D eigenvalue weighted by Crippen LogP contribution is 2.23. The van der Waals surface area contributed by atoms with Crippen molar-refractivity contribution in [2.24, 2.45) is 5.92 Å². The number of aliphatic hydroxyl groups is 1. The van der Waals surface area contributed by atoms with Gasteiger partial charge in [0, 0.05) is 11.0 Å². The molecule has 1 fully saturated rings. The van der Waals surface area contributed by atoms with Crippen molar-refractivity contribution in [2.75, 3.05) is 6.54 Å². The first-order chi connectivity index (χ1) is 8.25. The molecule has 0 bridgehead atoms. The van der Waals surface area contributed by atoms with Crippen molar-refractivity contribution in [3.8, 4) is 0 Å². The predicted molar refractivity (Wildman–Crippen MR) is 73.8 cm³/mol. The van der Waals surface area contributed by atoms with Gasteiger partial charge in [0.05, 0.1) is 6.10 Å². The fraction of sp³-hybridized carbons (Fsp3) is 0.571. The summed E-state index contributed by atoms with van der Waals surface area (Å²) in [5.41, 5.74) is 1.30. The number of aliphatic hydroxyl groups excluding tert-OH is 1. The van der Waals surface area contributed by atoms with Crippen LogP contribution in [0.3, 0.4) is 0 Å². The average Bonchev–Trinajstić information content (AvgIpc) is 2.32. The van der Waals surface area contributed by atoms with Gasteiger partial charge in [0.25, 0.3) is 0 Å². The van der Waals surface area contributed by atoms with Crippen molar-refractivity contribution >= 4 is 15.9 Å². The van der Waals surface area contributed by atoms with E-state index in [1.54, 1.807) is 0 Å². The van der Waals surface area contributed by atoms with Gasteiger partial charge in [-0.1, -0.05) is 40.5 Å². The van der Waals surface area contributed by atoms with E-state index in [1.807, 2.05) is 6.07 Å². The molecule has 2 atom stereocenters. The summed E-state index contributed by atoms with van der Waals surface area (Å²) < 4.78 is 1.16. The van der Waals surface area contributed by atoms with Crippen LogP contribution in [0.25, 0.3) is 0 Å². The van der Waals surface area contributed by atoms with Crippen molar-refractivity contribution in [1.29, 1.82) is 0 Å². The van der Waals surface area contributed by atoms with Crippen LogP contribution < -0.4 is 5.32 Å². The zero-order valence-corrected chi connectivity index (χ0v) is 11.6. The highest BCUT2D eigenvalue weighted by atomic mass is 79.9. The monoisotopic (exact) mass is 297 g/mol. The molecule has 2 N–H and O–H groups in total. The minimum Gasteiger partial charge on any atom is -0.393 e. The van der Waals surface area contributed by atoms with Crippen molar-refractivity contribution in [3.63, 3.8) is 0 Å². The van der Waals surface area contributed by atoms with Gasteiger partial charge in [-0.15, -0.1) is 0 Å². The molecule has 0 spiro atoms. The summed E-state index contributed by atoms with van der Waals surface area (Å²) in [5.74, 6) is 0.640. The fourth-order valence-corrected chi connectivity index (χ4v) is 2.93. The Kier molecular flexibility index (Phi) is 5.01. The minimum absolute atomic E-state index is 0.0704. The summed E-state index contributed by atoms with van der Waals surface area (Å²) in [6.45, 7) is 1.91. The SMILES string of the molecule is OC1CCCC(CNCc2ccccc2Br)C1. The molecule has 2 rings (SSSR count). The van der Waals surface area contributed by atoms with Crippen LogP contribution in [0.15, 0.2) is 28.7 Å². The molecule has 94 valence electrons. The lowest BCUT2D eigenvalue weighted by molar-refractivity contribution is 0.101. The Balaban J connectivity index is 1.74. The molecule has 0 aliphatic heterocycles. The lowest BCUT2D eigenvalue weighted by Gasteiger charge is -2.26. The van der Waals surface area contributed by atoms with Crippen LogP contribution in [0.5, 0.6) is 0 Å². The van der Waals surface area contributed by atoms with E-state index in [2.05, 4.69) is 39.4 Å². The third-order valence-electron chi connectivity index (χ3n) is 3.46. The minimum atomic E-state index is -0.0704. The van der Waals surface area contributed by atoms with Crippen molar-refractivity contribution in [3.05, 3.63) is 34.3 Å². The topological polar surface area (TPSA) is 32.3 Å². The maximum atomic E-state index is 9.60. The average molecular weight is 298 g/mol. The van der Waals surface area contributed by atoms with Crippen LogP contribution in [-0.2, 0) is 6.54 Å². The Morgan fingerprint density at radius 1 is 1.29 bits per heavy atom. The molecule has 1 aliphatic carbocycles. The maximum absolute atomic E-state index is 9.60. The third kappa shape index (κ3) is 4.09. The van der Waals surface area contributed by atoms with Crippen LogP contribution in [-0.4, -0.2) is 17.8 Å². The second-order valence-electron chi connectivity index (χ2n) is 4.91. The molecule has 1 aromatic rings. The van der Waals surface area contributed by atoms with E-state index in [-0.39, 0.29) is 6.10 Å². The number of rotatable bonds is 4. The van der Waals surface area contributed by atoms with Gasteiger partial charge in [0.15, 0.2) is 0 Å². The lowest BCUT2D eigenvalue weighted by atomic mass is 9.87. The van der Waals surface area contributed by atoms with Gasteiger partial charge in [0.1, 0.15) is 0 Å². The normalized spacial score (nSPS) is 24.8. The molecular formula is C14H20BrNO. The molecule has 0 heterocycles. The van der Waals surface area contributed by atoms with E-state index in [0.717, 1.165) is 30.4 Å². The molecule has 1 saturated carbocycles. The quantitative estimate of drug-likeness (QED) is 0.895. The lowest BCUT2D eigenvalue weighted by Crippen LogP contribution is -2.28. The smallest absolute Gasteiger partial charge is 0.0543 e. The summed E-state index contributed by atoms with van der Waals surface area (Å²) in [4.78, 5) is 0. The molecule has 1 aromatic carbocycles. The van der Waals surface area contributed by atoms with Gasteiger partial charge in [-0.2, -0.15) is 0 Å². The van der Waals surface area contributed by atoms with Gasteiger partial charge >= 0.3 is 0 Å². The second-order valence-corrected chi connectivity index (χ2v) is 5.76. The number of hydrogen-bond donors (Lipinski definition) is 2. The van der Waals surface area contributed by atoms with Crippen LogP contribution >= 0.6 is 15.9 Å².